The Morgan fingerprint density at radius 2 is 2.00 bits per heavy atom. The molecule has 0 bridgehead atoms. The lowest BCUT2D eigenvalue weighted by molar-refractivity contribution is -0.142. The molecule has 1 aromatic rings. The minimum Gasteiger partial charge on any atom is -0.459 e. The van der Waals surface area contributed by atoms with Gasteiger partial charge in [0.25, 0.3) is 0 Å². The fourth-order valence-corrected chi connectivity index (χ4v) is 2.32. The summed E-state index contributed by atoms with van der Waals surface area (Å²) in [5.74, 6) is -0.338. The maximum atomic E-state index is 12.1. The van der Waals surface area contributed by atoms with E-state index < -0.39 is 5.60 Å². The van der Waals surface area contributed by atoms with E-state index in [2.05, 4.69) is 4.98 Å². The van der Waals surface area contributed by atoms with Gasteiger partial charge >= 0.3 is 12.1 Å². The molecule has 1 amide bonds. The first kappa shape index (κ1) is 16.3. The number of amides is 1. The number of aryl methyl sites for hydroxylation is 1. The van der Waals surface area contributed by atoms with Crippen molar-refractivity contribution in [2.24, 2.45) is 0 Å². The number of esters is 1. The molecule has 0 spiro atoms. The quantitative estimate of drug-likeness (QED) is 0.786. The largest absolute Gasteiger partial charge is 0.459 e. The number of hydrogen-bond donors (Lipinski definition) is 0. The lowest BCUT2D eigenvalue weighted by Gasteiger charge is -2.24. The second-order valence-corrected chi connectivity index (χ2v) is 6.47. The highest BCUT2D eigenvalue weighted by Crippen LogP contribution is 2.26. The predicted molar refractivity (Wildman–Crippen MR) is 79.9 cm³/mol. The highest BCUT2D eigenvalue weighted by molar-refractivity contribution is 5.69. The molecule has 0 N–H and O–H groups in total. The van der Waals surface area contributed by atoms with E-state index >= 15 is 0 Å². The number of aromatic nitrogens is 1. The highest BCUT2D eigenvalue weighted by atomic mass is 16.6. The van der Waals surface area contributed by atoms with Crippen LogP contribution in [0, 0.1) is 6.92 Å². The number of pyridine rings is 1. The van der Waals surface area contributed by atoms with Gasteiger partial charge in [-0.3, -0.25) is 14.7 Å². The zero-order chi connectivity index (χ0) is 16.5. The molecule has 0 saturated carbocycles. The zero-order valence-electron chi connectivity index (χ0n) is 13.7. The number of ether oxygens (including phenoxy) is 2. The van der Waals surface area contributed by atoms with Crippen molar-refractivity contribution in [2.45, 2.75) is 59.9 Å². The molecule has 120 valence electrons. The number of nitrogens with zero attached hydrogens (tertiary/aromatic N) is 2. The van der Waals surface area contributed by atoms with Gasteiger partial charge in [0, 0.05) is 6.92 Å². The standard InChI is InChI=1S/C16H22N2O4/c1-10-6-12(9-21-11(2)19)17-14-8-18(7-13(10)14)15(20)22-16(3,4)5/h6H,7-9H2,1-5H3. The van der Waals surface area contributed by atoms with Crippen molar-refractivity contribution >= 4 is 12.1 Å². The summed E-state index contributed by atoms with van der Waals surface area (Å²) in [4.78, 5) is 29.2. The van der Waals surface area contributed by atoms with Crippen LogP contribution in [0.15, 0.2) is 6.07 Å². The van der Waals surface area contributed by atoms with Crippen LogP contribution >= 0.6 is 0 Å². The third-order valence-corrected chi connectivity index (χ3v) is 3.25. The minimum atomic E-state index is -0.519. The van der Waals surface area contributed by atoms with Gasteiger partial charge in [-0.05, 0) is 44.9 Å². The number of carbonyl (C=O) groups excluding carboxylic acids is 2. The topological polar surface area (TPSA) is 68.7 Å². The molecule has 0 radical (unpaired) electrons. The predicted octanol–water partition coefficient (Wildman–Crippen LogP) is 2.70. The Bertz CT molecular complexity index is 605. The molecule has 6 nitrogen and oxygen atoms in total. The summed E-state index contributed by atoms with van der Waals surface area (Å²) in [5.41, 5.74) is 3.09. The van der Waals surface area contributed by atoms with E-state index in [1.807, 2.05) is 33.8 Å². The van der Waals surface area contributed by atoms with Crippen LogP contribution in [0.3, 0.4) is 0 Å². The van der Waals surface area contributed by atoms with E-state index in [9.17, 15) is 9.59 Å². The maximum absolute atomic E-state index is 12.1. The molecule has 0 fully saturated rings. The molecule has 0 aromatic carbocycles. The number of rotatable bonds is 2. The molecular formula is C16H22N2O4. The van der Waals surface area contributed by atoms with Crippen molar-refractivity contribution in [3.8, 4) is 0 Å². The van der Waals surface area contributed by atoms with Crippen LogP contribution in [0.1, 0.15) is 50.2 Å². The van der Waals surface area contributed by atoms with E-state index in [4.69, 9.17) is 9.47 Å². The molecule has 6 heteroatoms. The van der Waals surface area contributed by atoms with Crippen molar-refractivity contribution < 1.29 is 19.1 Å². The van der Waals surface area contributed by atoms with Crippen LogP contribution in [-0.2, 0) is 34.0 Å². The normalized spacial score (nSPS) is 13.8. The number of carbonyl (C=O) groups is 2. The van der Waals surface area contributed by atoms with Gasteiger partial charge in [0.2, 0.25) is 0 Å². The van der Waals surface area contributed by atoms with Crippen LogP contribution in [0.5, 0.6) is 0 Å². The molecule has 2 rings (SSSR count). The minimum absolute atomic E-state index is 0.149. The fourth-order valence-electron chi connectivity index (χ4n) is 2.32. The Morgan fingerprint density at radius 1 is 1.32 bits per heavy atom. The third-order valence-electron chi connectivity index (χ3n) is 3.25. The second kappa shape index (κ2) is 5.94. The van der Waals surface area contributed by atoms with Crippen LogP contribution in [-0.4, -0.2) is 27.5 Å². The van der Waals surface area contributed by atoms with Crippen molar-refractivity contribution in [1.29, 1.82) is 0 Å². The molecule has 0 saturated heterocycles. The average Bonchev–Trinajstić information content (AvgIpc) is 2.79. The monoisotopic (exact) mass is 306 g/mol. The molecule has 1 aromatic heterocycles. The Balaban J connectivity index is 2.11. The SMILES string of the molecule is CC(=O)OCc1cc(C)c2c(n1)CN(C(=O)OC(C)(C)C)C2. The van der Waals surface area contributed by atoms with Gasteiger partial charge < -0.3 is 9.47 Å². The van der Waals surface area contributed by atoms with Crippen LogP contribution in [0.2, 0.25) is 0 Å². The summed E-state index contributed by atoms with van der Waals surface area (Å²) in [6, 6.07) is 1.89. The first-order valence-electron chi connectivity index (χ1n) is 7.25. The Kier molecular flexibility index (Phi) is 4.39. The van der Waals surface area contributed by atoms with Crippen LogP contribution < -0.4 is 0 Å². The first-order chi connectivity index (χ1) is 10.2. The maximum Gasteiger partial charge on any atom is 0.410 e. The zero-order valence-corrected chi connectivity index (χ0v) is 13.7. The summed E-state index contributed by atoms with van der Waals surface area (Å²) in [7, 11) is 0. The van der Waals surface area contributed by atoms with E-state index in [1.165, 1.54) is 6.92 Å². The van der Waals surface area contributed by atoms with Crippen molar-refractivity contribution in [2.75, 3.05) is 0 Å². The Labute approximate surface area is 130 Å². The van der Waals surface area contributed by atoms with E-state index in [-0.39, 0.29) is 18.7 Å². The summed E-state index contributed by atoms with van der Waals surface area (Å²) < 4.78 is 10.4. The second-order valence-electron chi connectivity index (χ2n) is 6.47. The van der Waals surface area contributed by atoms with E-state index in [1.54, 1.807) is 4.90 Å². The Morgan fingerprint density at radius 3 is 2.59 bits per heavy atom. The molecule has 0 aliphatic carbocycles. The first-order valence-corrected chi connectivity index (χ1v) is 7.25. The molecule has 1 aliphatic rings. The van der Waals surface area contributed by atoms with E-state index in [0.29, 0.717) is 18.8 Å². The summed E-state index contributed by atoms with van der Waals surface area (Å²) in [6.45, 7) is 9.92. The van der Waals surface area contributed by atoms with Crippen LogP contribution in [0.25, 0.3) is 0 Å². The summed E-state index contributed by atoms with van der Waals surface area (Å²) in [6.07, 6.45) is -0.341. The average molecular weight is 306 g/mol. The Hall–Kier alpha value is -2.11. The summed E-state index contributed by atoms with van der Waals surface area (Å²) >= 11 is 0. The molecule has 2 heterocycles. The van der Waals surface area contributed by atoms with Gasteiger partial charge in [-0.1, -0.05) is 0 Å². The number of hydrogen-bond acceptors (Lipinski definition) is 5. The molecular weight excluding hydrogens is 284 g/mol. The van der Waals surface area contributed by atoms with Gasteiger partial charge in [0.1, 0.15) is 12.2 Å². The molecule has 0 unspecified atom stereocenters. The highest BCUT2D eigenvalue weighted by Gasteiger charge is 2.29. The molecule has 0 atom stereocenters. The van der Waals surface area contributed by atoms with Gasteiger partial charge in [-0.25, -0.2) is 4.79 Å². The lowest BCUT2D eigenvalue weighted by atomic mass is 10.1. The summed E-state index contributed by atoms with van der Waals surface area (Å²) in [5, 5.41) is 0. The van der Waals surface area contributed by atoms with Crippen molar-refractivity contribution in [3.05, 3.63) is 28.6 Å². The van der Waals surface area contributed by atoms with Gasteiger partial charge in [-0.15, -0.1) is 0 Å². The van der Waals surface area contributed by atoms with Crippen molar-refractivity contribution in [1.82, 2.24) is 9.88 Å². The van der Waals surface area contributed by atoms with E-state index in [0.717, 1.165) is 16.8 Å². The lowest BCUT2D eigenvalue weighted by Crippen LogP contribution is -2.33. The van der Waals surface area contributed by atoms with Gasteiger partial charge in [0.05, 0.1) is 24.5 Å². The fraction of sp³-hybridized carbons (Fsp3) is 0.562. The van der Waals surface area contributed by atoms with Gasteiger partial charge in [0.15, 0.2) is 0 Å². The number of fused-ring (bicyclic) bond motifs is 1. The van der Waals surface area contributed by atoms with Crippen LogP contribution in [0.4, 0.5) is 4.79 Å². The van der Waals surface area contributed by atoms with Gasteiger partial charge in [-0.2, -0.15) is 0 Å². The third kappa shape index (κ3) is 3.96. The molecule has 22 heavy (non-hydrogen) atoms. The molecule has 1 aliphatic heterocycles. The van der Waals surface area contributed by atoms with Crippen molar-refractivity contribution in [3.63, 3.8) is 0 Å². The smallest absolute Gasteiger partial charge is 0.410 e.